The van der Waals surface area contributed by atoms with Gasteiger partial charge >= 0.3 is 13.6 Å². The molecular weight excluding hydrogens is 510 g/mol. The third-order valence-corrected chi connectivity index (χ3v) is 14.1. The van der Waals surface area contributed by atoms with Gasteiger partial charge in [0.1, 0.15) is 23.0 Å². The van der Waals surface area contributed by atoms with E-state index in [0.717, 1.165) is 0 Å². The van der Waals surface area contributed by atoms with Gasteiger partial charge in [-0.3, -0.25) is 0 Å². The summed E-state index contributed by atoms with van der Waals surface area (Å²) in [5, 5.41) is 0. The zero-order valence-electron chi connectivity index (χ0n) is 17.7. The Morgan fingerprint density at radius 3 is 0.794 bits per heavy atom. The van der Waals surface area contributed by atoms with Crippen molar-refractivity contribution in [2.75, 3.05) is 0 Å². The molecule has 0 radical (unpaired) electrons. The third kappa shape index (κ3) is 7.37. The summed E-state index contributed by atoms with van der Waals surface area (Å²) < 4.78 is 50.5. The van der Waals surface area contributed by atoms with Crippen LogP contribution in [-0.2, 0) is 9.13 Å². The number of hydrogen-bond donors (Lipinski definition) is 0. The largest absolute Gasteiger partial charge is 0.504 e. The second-order valence-corrected chi connectivity index (χ2v) is 15.7. The van der Waals surface area contributed by atoms with Gasteiger partial charge in [-0.05, 0) is 48.5 Å². The highest BCUT2D eigenvalue weighted by molar-refractivity contribution is 9.12. The van der Waals surface area contributed by atoms with E-state index >= 15 is 0 Å². The average molecular weight is 531 g/mol. The zero-order chi connectivity index (χ0) is 23.7. The van der Waals surface area contributed by atoms with Gasteiger partial charge in [-0.2, -0.15) is 0 Å². The predicted molar refractivity (Wildman–Crippen MR) is 139 cm³/mol. The van der Waals surface area contributed by atoms with Crippen LogP contribution in [0.4, 0.5) is 0 Å². The van der Waals surface area contributed by atoms with E-state index in [1.165, 1.54) is 0 Å². The van der Waals surface area contributed by atoms with Crippen LogP contribution in [0.1, 0.15) is 0 Å². The molecule has 0 fully saturated rings. The lowest BCUT2D eigenvalue weighted by Crippen LogP contribution is -1.99. The maximum Gasteiger partial charge on any atom is 0.504 e. The van der Waals surface area contributed by atoms with Gasteiger partial charge in [0.25, 0.3) is 0 Å². The Labute approximate surface area is 205 Å². The van der Waals surface area contributed by atoms with Crippen molar-refractivity contribution in [1.29, 1.82) is 0 Å². The fourth-order valence-corrected chi connectivity index (χ4v) is 13.4. The van der Waals surface area contributed by atoms with Gasteiger partial charge in [0, 0.05) is 0 Å². The Bertz CT molecular complexity index is 1070. The minimum Gasteiger partial charge on any atom is -0.408 e. The van der Waals surface area contributed by atoms with Crippen LogP contribution < -0.4 is 18.1 Å². The molecule has 4 rings (SSSR count). The molecule has 4 aromatic carbocycles. The molecule has 0 unspecified atom stereocenters. The predicted octanol–water partition coefficient (Wildman–Crippen LogP) is 8.90. The van der Waals surface area contributed by atoms with Crippen LogP contribution >= 0.6 is 34.4 Å². The van der Waals surface area contributed by atoms with Crippen molar-refractivity contribution in [2.45, 2.75) is 0 Å². The normalized spacial score (nSPS) is 11.4. The minimum absolute atomic E-state index is 0.345. The molecule has 0 bridgehead atoms. The molecule has 0 spiro atoms. The van der Waals surface area contributed by atoms with Gasteiger partial charge in [0.15, 0.2) is 0 Å². The Kier molecular flexibility index (Phi) is 8.30. The van der Waals surface area contributed by atoms with E-state index in [-0.39, 0.29) is 0 Å². The smallest absolute Gasteiger partial charge is 0.408 e. The van der Waals surface area contributed by atoms with Crippen molar-refractivity contribution in [3.05, 3.63) is 121 Å². The third-order valence-electron chi connectivity index (χ3n) is 4.06. The second-order valence-electron chi connectivity index (χ2n) is 6.66. The fourth-order valence-electron chi connectivity index (χ4n) is 2.62. The summed E-state index contributed by atoms with van der Waals surface area (Å²) in [6, 6.07) is 34.5. The van der Waals surface area contributed by atoms with Crippen LogP contribution in [0.15, 0.2) is 121 Å². The molecular formula is C24H20O6P2S2. The highest BCUT2D eigenvalue weighted by Gasteiger charge is 2.39. The molecule has 10 heteroatoms. The summed E-state index contributed by atoms with van der Waals surface area (Å²) in [6.07, 6.45) is 0. The molecule has 0 saturated heterocycles. The molecule has 0 aromatic heterocycles. The van der Waals surface area contributed by atoms with Gasteiger partial charge in [-0.25, -0.2) is 9.13 Å². The van der Waals surface area contributed by atoms with Crippen molar-refractivity contribution >= 4 is 34.4 Å². The molecule has 0 aliphatic heterocycles. The second kappa shape index (κ2) is 11.6. The number of benzene rings is 4. The van der Waals surface area contributed by atoms with Crippen LogP contribution in [-0.4, -0.2) is 0 Å². The fraction of sp³-hybridized carbons (Fsp3) is 0. The van der Waals surface area contributed by atoms with E-state index in [1.54, 1.807) is 97.1 Å². The van der Waals surface area contributed by atoms with Gasteiger partial charge in [-0.15, -0.1) is 0 Å². The Morgan fingerprint density at radius 1 is 0.382 bits per heavy atom. The lowest BCUT2D eigenvalue weighted by atomic mass is 10.3. The zero-order valence-corrected chi connectivity index (χ0v) is 21.1. The van der Waals surface area contributed by atoms with E-state index in [4.69, 9.17) is 18.1 Å². The first-order valence-electron chi connectivity index (χ1n) is 10.1. The quantitative estimate of drug-likeness (QED) is 0.141. The summed E-state index contributed by atoms with van der Waals surface area (Å²) in [5.74, 6) is 1.38. The lowest BCUT2D eigenvalue weighted by molar-refractivity contribution is 0.406. The summed E-state index contributed by atoms with van der Waals surface area (Å²) in [5.41, 5.74) is 0. The van der Waals surface area contributed by atoms with Crippen LogP contribution in [0.2, 0.25) is 0 Å². The van der Waals surface area contributed by atoms with Gasteiger partial charge < -0.3 is 18.1 Å². The SMILES string of the molecule is O=P(Oc1ccccc1)(Oc1ccccc1)SSP(=O)(Oc1ccccc1)Oc1ccccc1. The molecule has 6 nitrogen and oxygen atoms in total. The van der Waals surface area contributed by atoms with Gasteiger partial charge in [0.2, 0.25) is 0 Å². The lowest BCUT2D eigenvalue weighted by Gasteiger charge is -2.22. The molecule has 0 amide bonds. The van der Waals surface area contributed by atoms with E-state index in [1.807, 2.05) is 24.3 Å². The standard InChI is InChI=1S/C24H20O6P2S2/c25-31(27-21-13-5-1-6-14-21,28-22-15-7-2-8-16-22)33-34-32(26,29-23-17-9-3-10-18-23)30-24-19-11-4-12-20-24/h1-20H. The summed E-state index contributed by atoms with van der Waals surface area (Å²) in [7, 11) is 1.35. The van der Waals surface area contributed by atoms with Crippen molar-refractivity contribution in [3.8, 4) is 23.0 Å². The van der Waals surface area contributed by atoms with Gasteiger partial charge in [-0.1, -0.05) is 72.8 Å². The average Bonchev–Trinajstić information content (AvgIpc) is 2.85. The molecule has 174 valence electrons. The Balaban J connectivity index is 1.59. The van der Waals surface area contributed by atoms with Crippen LogP contribution in [0.5, 0.6) is 23.0 Å². The summed E-state index contributed by atoms with van der Waals surface area (Å²) >= 11 is 0. The van der Waals surface area contributed by atoms with Crippen molar-refractivity contribution in [3.63, 3.8) is 0 Å². The highest BCUT2D eigenvalue weighted by atomic mass is 33.5. The van der Waals surface area contributed by atoms with Crippen LogP contribution in [0, 0.1) is 0 Å². The number of para-hydroxylation sites is 4. The first-order chi connectivity index (χ1) is 16.5. The van der Waals surface area contributed by atoms with Crippen LogP contribution in [0.3, 0.4) is 0 Å². The maximum atomic E-state index is 13.8. The van der Waals surface area contributed by atoms with E-state index in [2.05, 4.69) is 0 Å². The molecule has 34 heavy (non-hydrogen) atoms. The molecule has 0 saturated carbocycles. The molecule has 4 aromatic rings. The summed E-state index contributed by atoms with van der Waals surface area (Å²) in [6.45, 7) is -7.84. The molecule has 0 heterocycles. The van der Waals surface area contributed by atoms with E-state index in [9.17, 15) is 9.13 Å². The minimum atomic E-state index is -3.92. The van der Waals surface area contributed by atoms with Crippen molar-refractivity contribution < 1.29 is 27.2 Å². The topological polar surface area (TPSA) is 71.1 Å². The van der Waals surface area contributed by atoms with E-state index < -0.39 is 13.6 Å². The maximum absolute atomic E-state index is 13.8. The molecule has 0 aliphatic rings. The first-order valence-corrected chi connectivity index (χ1v) is 16.5. The Hall–Kier alpha value is -2.76. The molecule has 0 N–H and O–H groups in total. The molecule has 0 aliphatic carbocycles. The summed E-state index contributed by atoms with van der Waals surface area (Å²) in [4.78, 5) is 0. The van der Waals surface area contributed by atoms with E-state index in [0.29, 0.717) is 43.8 Å². The number of rotatable bonds is 11. The first kappa shape index (κ1) is 24.4. The molecule has 0 atom stereocenters. The monoisotopic (exact) mass is 530 g/mol. The number of hydrogen-bond acceptors (Lipinski definition) is 8. The Morgan fingerprint density at radius 2 is 0.588 bits per heavy atom. The van der Waals surface area contributed by atoms with Crippen LogP contribution in [0.25, 0.3) is 0 Å². The highest BCUT2D eigenvalue weighted by Crippen LogP contribution is 2.75. The van der Waals surface area contributed by atoms with Crippen molar-refractivity contribution in [1.82, 2.24) is 0 Å². The van der Waals surface area contributed by atoms with Gasteiger partial charge in [0.05, 0.1) is 20.8 Å². The van der Waals surface area contributed by atoms with Crippen molar-refractivity contribution in [2.24, 2.45) is 0 Å².